The van der Waals surface area contributed by atoms with Crippen LogP contribution in [0.25, 0.3) is 11.5 Å². The van der Waals surface area contributed by atoms with Gasteiger partial charge in [0.15, 0.2) is 17.2 Å². The Balaban J connectivity index is 1.60. The number of ether oxygens (including phenoxy) is 2. The topological polar surface area (TPSA) is 160 Å². The van der Waals surface area contributed by atoms with Crippen molar-refractivity contribution in [2.75, 3.05) is 18.5 Å². The van der Waals surface area contributed by atoms with Crippen LogP contribution in [0.3, 0.4) is 0 Å². The molecule has 14 heteroatoms. The van der Waals surface area contributed by atoms with Gasteiger partial charge in [-0.05, 0) is 65.0 Å². The van der Waals surface area contributed by atoms with Gasteiger partial charge < -0.3 is 30.2 Å². The van der Waals surface area contributed by atoms with E-state index in [1.165, 1.54) is 10.9 Å². The van der Waals surface area contributed by atoms with Crippen LogP contribution in [0.5, 0.6) is 0 Å². The maximum absolute atomic E-state index is 14.3. The molecule has 0 radical (unpaired) electrons. The van der Waals surface area contributed by atoms with E-state index in [0.29, 0.717) is 19.4 Å². The zero-order chi connectivity index (χ0) is 29.7. The van der Waals surface area contributed by atoms with Gasteiger partial charge in [0.05, 0.1) is 17.6 Å². The fourth-order valence-corrected chi connectivity index (χ4v) is 4.29. The monoisotopic (exact) mass is 574 g/mol. The molecular weight excluding hydrogens is 542 g/mol. The van der Waals surface area contributed by atoms with Crippen LogP contribution in [-0.4, -0.2) is 61.6 Å². The van der Waals surface area contributed by atoms with Crippen molar-refractivity contribution < 1.29 is 37.7 Å². The first-order valence-corrected chi connectivity index (χ1v) is 13.2. The first-order chi connectivity index (χ1) is 19.4. The summed E-state index contributed by atoms with van der Waals surface area (Å²) in [6, 6.07) is 3.08. The molecule has 1 aliphatic rings. The van der Waals surface area contributed by atoms with Crippen LogP contribution < -0.4 is 10.6 Å². The maximum atomic E-state index is 14.3. The predicted octanol–water partition coefficient (Wildman–Crippen LogP) is 4.66. The number of carbonyl (C=O) groups excluding carboxylic acids is 2. The number of carboxylic acid groups (broad SMARTS) is 1. The molecule has 3 aromatic rings. The Bertz CT molecular complexity index is 1400. The Kier molecular flexibility index (Phi) is 9.01. The van der Waals surface area contributed by atoms with Crippen LogP contribution in [0.2, 0.25) is 0 Å². The van der Waals surface area contributed by atoms with Gasteiger partial charge >= 0.3 is 12.1 Å². The van der Waals surface area contributed by atoms with Crippen LogP contribution in [0.4, 0.5) is 19.3 Å². The number of benzene rings is 1. The molecule has 4 N–H and O–H groups in total. The maximum Gasteiger partial charge on any atom is 0.407 e. The Morgan fingerprint density at radius 1 is 1.22 bits per heavy atom. The molecule has 1 fully saturated rings. The number of alkyl carbamates (subject to hydrolysis) is 1. The lowest BCUT2D eigenvalue weighted by molar-refractivity contribution is -0.0393. The summed E-state index contributed by atoms with van der Waals surface area (Å²) >= 11 is 0. The Morgan fingerprint density at radius 3 is 2.59 bits per heavy atom. The quantitative estimate of drug-likeness (QED) is 0.269. The molecule has 220 valence electrons. The van der Waals surface area contributed by atoms with Gasteiger partial charge in [-0.1, -0.05) is 6.07 Å². The van der Waals surface area contributed by atoms with Crippen molar-refractivity contribution in [2.45, 2.75) is 64.7 Å². The lowest BCUT2D eigenvalue weighted by Crippen LogP contribution is -2.33. The van der Waals surface area contributed by atoms with E-state index in [1.54, 1.807) is 20.8 Å². The molecule has 12 nitrogen and oxygen atoms in total. The summed E-state index contributed by atoms with van der Waals surface area (Å²) in [7, 11) is 0. The van der Waals surface area contributed by atoms with Crippen LogP contribution >= 0.6 is 0 Å². The third kappa shape index (κ3) is 7.45. The molecule has 2 amide bonds. The summed E-state index contributed by atoms with van der Waals surface area (Å²) in [6.07, 6.45) is 3.38. The lowest BCUT2D eigenvalue weighted by atomic mass is 10.2. The number of carbonyl (C=O) groups is 3. The van der Waals surface area contributed by atoms with Gasteiger partial charge in [0.1, 0.15) is 29.0 Å². The summed E-state index contributed by atoms with van der Waals surface area (Å²) in [4.78, 5) is 43.9. The number of halogens is 2. The number of rotatable bonds is 9. The first kappa shape index (κ1) is 29.6. The standard InChI is InChI=1S/C27H32F2N6O6/c1-27(2,3)41-26(39)30-12-7-10-17-22(25(37)38)33-23(31-17)21-18(14-35(34-21)19-11-4-5-13-40-19)32-24(36)20-15(28)8-6-9-16(20)29/h6,8-9,14,19H,4-5,7,10-13H2,1-3H3,(H,30,39)(H,31,33)(H,32,36)(H,37,38). The molecule has 0 saturated carbocycles. The van der Waals surface area contributed by atoms with Gasteiger partial charge in [-0.25, -0.2) is 28.0 Å². The molecule has 1 aliphatic heterocycles. The highest BCUT2D eigenvalue weighted by Gasteiger charge is 2.27. The highest BCUT2D eigenvalue weighted by molar-refractivity contribution is 6.06. The third-order valence-corrected chi connectivity index (χ3v) is 6.10. The molecule has 1 aromatic carbocycles. The summed E-state index contributed by atoms with van der Waals surface area (Å²) < 4.78 is 41.0. The van der Waals surface area contributed by atoms with Crippen molar-refractivity contribution in [1.29, 1.82) is 0 Å². The number of imidazole rings is 1. The van der Waals surface area contributed by atoms with E-state index in [4.69, 9.17) is 9.47 Å². The van der Waals surface area contributed by atoms with Crippen molar-refractivity contribution in [3.8, 4) is 11.5 Å². The Hall–Kier alpha value is -4.33. The lowest BCUT2D eigenvalue weighted by Gasteiger charge is -2.22. The van der Waals surface area contributed by atoms with E-state index in [0.717, 1.165) is 31.0 Å². The smallest absolute Gasteiger partial charge is 0.407 e. The number of hydrogen-bond acceptors (Lipinski definition) is 7. The van der Waals surface area contributed by atoms with Crippen LogP contribution in [-0.2, 0) is 15.9 Å². The average Bonchev–Trinajstić information content (AvgIpc) is 3.50. The molecular formula is C27H32F2N6O6. The second kappa shape index (κ2) is 12.5. The third-order valence-electron chi connectivity index (χ3n) is 6.10. The predicted molar refractivity (Wildman–Crippen MR) is 142 cm³/mol. The van der Waals surface area contributed by atoms with Crippen molar-refractivity contribution >= 4 is 23.7 Å². The minimum atomic E-state index is -1.29. The van der Waals surface area contributed by atoms with Crippen LogP contribution in [0, 0.1) is 11.6 Å². The van der Waals surface area contributed by atoms with E-state index in [9.17, 15) is 28.3 Å². The Morgan fingerprint density at radius 2 is 1.95 bits per heavy atom. The van der Waals surface area contributed by atoms with E-state index in [2.05, 4.69) is 25.7 Å². The van der Waals surface area contributed by atoms with Crippen molar-refractivity contribution in [1.82, 2.24) is 25.1 Å². The van der Waals surface area contributed by atoms with Crippen molar-refractivity contribution in [3.63, 3.8) is 0 Å². The molecule has 1 atom stereocenters. The molecule has 41 heavy (non-hydrogen) atoms. The number of anilines is 1. The van der Waals surface area contributed by atoms with Gasteiger partial charge in [0.2, 0.25) is 0 Å². The second-order valence-corrected chi connectivity index (χ2v) is 10.5. The minimum Gasteiger partial charge on any atom is -0.476 e. The Labute approximate surface area is 234 Å². The van der Waals surface area contributed by atoms with Crippen LogP contribution in [0.15, 0.2) is 24.4 Å². The van der Waals surface area contributed by atoms with Gasteiger partial charge in [-0.3, -0.25) is 4.79 Å². The van der Waals surface area contributed by atoms with E-state index in [1.807, 2.05) is 0 Å². The minimum absolute atomic E-state index is 0.0244. The van der Waals surface area contributed by atoms with E-state index >= 15 is 0 Å². The number of carboxylic acids is 1. The zero-order valence-corrected chi connectivity index (χ0v) is 22.9. The fraction of sp³-hybridized carbons (Fsp3) is 0.444. The summed E-state index contributed by atoms with van der Waals surface area (Å²) in [6.45, 7) is 5.94. The number of aromatic nitrogens is 4. The first-order valence-electron chi connectivity index (χ1n) is 13.2. The van der Waals surface area contributed by atoms with Crippen LogP contribution in [0.1, 0.15) is 79.2 Å². The normalized spacial score (nSPS) is 15.4. The van der Waals surface area contributed by atoms with Crippen molar-refractivity contribution in [3.05, 3.63) is 53.0 Å². The zero-order valence-electron chi connectivity index (χ0n) is 22.9. The number of amides is 2. The average molecular weight is 575 g/mol. The number of hydrogen-bond donors (Lipinski definition) is 4. The van der Waals surface area contributed by atoms with E-state index in [-0.39, 0.29) is 41.6 Å². The van der Waals surface area contributed by atoms with Gasteiger partial charge in [-0.15, -0.1) is 0 Å². The number of aromatic amines is 1. The number of nitrogens with one attached hydrogen (secondary N) is 3. The molecule has 0 bridgehead atoms. The molecule has 1 unspecified atom stereocenters. The van der Waals surface area contributed by atoms with Gasteiger partial charge in [-0.2, -0.15) is 5.10 Å². The van der Waals surface area contributed by atoms with Crippen molar-refractivity contribution in [2.24, 2.45) is 0 Å². The molecule has 4 rings (SSSR count). The number of nitrogens with zero attached hydrogens (tertiary/aromatic N) is 3. The fourth-order valence-electron chi connectivity index (χ4n) is 4.29. The number of aromatic carboxylic acids is 1. The second-order valence-electron chi connectivity index (χ2n) is 10.5. The highest BCUT2D eigenvalue weighted by Crippen LogP contribution is 2.31. The molecule has 2 aromatic heterocycles. The molecule has 3 heterocycles. The number of aryl methyl sites for hydroxylation is 1. The van der Waals surface area contributed by atoms with Gasteiger partial charge in [0, 0.05) is 13.2 Å². The summed E-state index contributed by atoms with van der Waals surface area (Å²) in [5.74, 6) is -4.40. The van der Waals surface area contributed by atoms with E-state index < -0.39 is 47.0 Å². The summed E-state index contributed by atoms with van der Waals surface area (Å²) in [5, 5.41) is 19.3. The highest BCUT2D eigenvalue weighted by atomic mass is 19.1. The molecule has 0 aliphatic carbocycles. The molecule has 1 saturated heterocycles. The SMILES string of the molecule is CC(C)(C)OC(=O)NCCCc1[nH]c(-c2nn(C3CCCCO3)cc2NC(=O)c2c(F)cccc2F)nc1C(=O)O. The van der Waals surface area contributed by atoms with Gasteiger partial charge in [0.25, 0.3) is 5.91 Å². The summed E-state index contributed by atoms with van der Waals surface area (Å²) in [5.41, 5.74) is -1.32. The number of H-pyrrole nitrogens is 1. The largest absolute Gasteiger partial charge is 0.476 e. The molecule has 0 spiro atoms.